The average molecular weight is 288 g/mol. The van der Waals surface area contributed by atoms with E-state index in [4.69, 9.17) is 14.7 Å². The number of hydrogen-bond acceptors (Lipinski definition) is 4. The van der Waals surface area contributed by atoms with Gasteiger partial charge >= 0.3 is 0 Å². The highest BCUT2D eigenvalue weighted by Gasteiger charge is 2.13. The van der Waals surface area contributed by atoms with Crippen molar-refractivity contribution in [2.24, 2.45) is 0 Å². The van der Waals surface area contributed by atoms with Crippen LogP contribution in [0.5, 0.6) is 5.75 Å². The molecule has 0 aliphatic heterocycles. The third-order valence-electron chi connectivity index (χ3n) is 3.91. The van der Waals surface area contributed by atoms with E-state index >= 15 is 0 Å². The van der Waals surface area contributed by atoms with Gasteiger partial charge in [0.15, 0.2) is 0 Å². The summed E-state index contributed by atoms with van der Waals surface area (Å²) >= 11 is 0. The lowest BCUT2D eigenvalue weighted by molar-refractivity contribution is 0.0302. The van der Waals surface area contributed by atoms with E-state index in [1.54, 1.807) is 13.2 Å². The van der Waals surface area contributed by atoms with Crippen molar-refractivity contribution >= 4 is 0 Å². The van der Waals surface area contributed by atoms with Gasteiger partial charge in [-0.15, -0.1) is 0 Å². The largest absolute Gasteiger partial charge is 0.496 e. The molecule has 0 aromatic heterocycles. The Hall–Kier alpha value is -1.57. The second-order valence-corrected chi connectivity index (χ2v) is 5.45. The Kier molecular flexibility index (Phi) is 6.52. The summed E-state index contributed by atoms with van der Waals surface area (Å²) in [7, 11) is 1.65. The molecule has 0 atom stereocenters. The Bertz CT molecular complexity index is 476. The fourth-order valence-electron chi connectivity index (χ4n) is 2.74. The van der Waals surface area contributed by atoms with Crippen molar-refractivity contribution in [2.75, 3.05) is 20.3 Å². The molecule has 4 nitrogen and oxygen atoms in total. The molecule has 1 aromatic carbocycles. The summed E-state index contributed by atoms with van der Waals surface area (Å²) < 4.78 is 11.2. The number of ether oxygens (including phenoxy) is 2. The maximum atomic E-state index is 8.95. The van der Waals surface area contributed by atoms with Gasteiger partial charge in [0.05, 0.1) is 31.5 Å². The van der Waals surface area contributed by atoms with Crippen molar-refractivity contribution in [3.63, 3.8) is 0 Å². The van der Waals surface area contributed by atoms with Crippen LogP contribution in [-0.2, 0) is 11.3 Å². The topological polar surface area (TPSA) is 54.3 Å². The molecule has 1 aliphatic carbocycles. The molecule has 1 aromatic rings. The van der Waals surface area contributed by atoms with Gasteiger partial charge < -0.3 is 14.8 Å². The van der Waals surface area contributed by atoms with E-state index in [0.29, 0.717) is 18.2 Å². The van der Waals surface area contributed by atoms with Crippen LogP contribution in [0, 0.1) is 11.3 Å². The summed E-state index contributed by atoms with van der Waals surface area (Å²) in [6.45, 7) is 2.24. The molecule has 1 N–H and O–H groups in total. The molecular formula is C17H24N2O2. The highest BCUT2D eigenvalue weighted by molar-refractivity contribution is 5.41. The van der Waals surface area contributed by atoms with Gasteiger partial charge in [-0.2, -0.15) is 5.26 Å². The highest BCUT2D eigenvalue weighted by atomic mass is 16.5. The van der Waals surface area contributed by atoms with Gasteiger partial charge in [-0.05, 0) is 31.0 Å². The summed E-state index contributed by atoms with van der Waals surface area (Å²) in [5.41, 5.74) is 1.67. The fraction of sp³-hybridized carbons (Fsp3) is 0.588. The number of nitrogens with one attached hydrogen (secondary N) is 1. The molecule has 1 fully saturated rings. The Morgan fingerprint density at radius 1 is 1.29 bits per heavy atom. The lowest BCUT2D eigenvalue weighted by Gasteiger charge is -2.22. The monoisotopic (exact) mass is 288 g/mol. The first-order chi connectivity index (χ1) is 10.3. The summed E-state index contributed by atoms with van der Waals surface area (Å²) in [6, 6.07) is 7.64. The number of nitrogens with zero attached hydrogens (tertiary/aromatic N) is 1. The SMILES string of the molecule is COc1ccc(C#N)cc1CNCCOC1CCCCC1. The van der Waals surface area contributed by atoms with Gasteiger partial charge in [0.2, 0.25) is 0 Å². The first-order valence-corrected chi connectivity index (χ1v) is 7.73. The van der Waals surface area contributed by atoms with Crippen molar-refractivity contribution in [1.82, 2.24) is 5.32 Å². The highest BCUT2D eigenvalue weighted by Crippen LogP contribution is 2.20. The third kappa shape index (κ3) is 5.04. The Morgan fingerprint density at radius 3 is 2.81 bits per heavy atom. The fourth-order valence-corrected chi connectivity index (χ4v) is 2.74. The average Bonchev–Trinajstić information content (AvgIpc) is 2.55. The Morgan fingerprint density at radius 2 is 2.10 bits per heavy atom. The van der Waals surface area contributed by atoms with Crippen LogP contribution in [0.4, 0.5) is 0 Å². The lowest BCUT2D eigenvalue weighted by Crippen LogP contribution is -2.24. The maximum Gasteiger partial charge on any atom is 0.123 e. The number of benzene rings is 1. The van der Waals surface area contributed by atoms with Crippen LogP contribution < -0.4 is 10.1 Å². The molecule has 4 heteroatoms. The standard InChI is InChI=1S/C17H24N2O2/c1-20-17-8-7-14(12-18)11-15(17)13-19-9-10-21-16-5-3-2-4-6-16/h7-8,11,16,19H,2-6,9-10,13H2,1H3. The van der Waals surface area contributed by atoms with E-state index in [9.17, 15) is 0 Å². The van der Waals surface area contributed by atoms with E-state index in [2.05, 4.69) is 11.4 Å². The maximum absolute atomic E-state index is 8.95. The zero-order valence-corrected chi connectivity index (χ0v) is 12.7. The van der Waals surface area contributed by atoms with Crippen LogP contribution in [0.15, 0.2) is 18.2 Å². The van der Waals surface area contributed by atoms with E-state index < -0.39 is 0 Å². The van der Waals surface area contributed by atoms with Gasteiger partial charge in [0.25, 0.3) is 0 Å². The Balaban J connectivity index is 1.71. The molecule has 0 heterocycles. The van der Waals surface area contributed by atoms with E-state index in [-0.39, 0.29) is 0 Å². The minimum absolute atomic E-state index is 0.456. The van der Waals surface area contributed by atoms with Crippen LogP contribution in [0.2, 0.25) is 0 Å². The molecule has 0 saturated heterocycles. The minimum Gasteiger partial charge on any atom is -0.496 e. The third-order valence-corrected chi connectivity index (χ3v) is 3.91. The summed E-state index contributed by atoms with van der Waals surface area (Å²) in [5.74, 6) is 0.815. The first kappa shape index (κ1) is 15.8. The first-order valence-electron chi connectivity index (χ1n) is 7.73. The summed E-state index contributed by atoms with van der Waals surface area (Å²) in [5, 5.41) is 12.3. The molecule has 114 valence electrons. The normalized spacial score (nSPS) is 15.6. The molecule has 0 amide bonds. The van der Waals surface area contributed by atoms with Gasteiger partial charge in [-0.25, -0.2) is 0 Å². The van der Waals surface area contributed by atoms with Crippen LogP contribution in [0.1, 0.15) is 43.2 Å². The number of nitriles is 1. The smallest absolute Gasteiger partial charge is 0.123 e. The van der Waals surface area contributed by atoms with Crippen molar-refractivity contribution in [1.29, 1.82) is 5.26 Å². The van der Waals surface area contributed by atoms with Gasteiger partial charge in [0, 0.05) is 18.7 Å². The molecule has 0 spiro atoms. The lowest BCUT2D eigenvalue weighted by atomic mass is 9.98. The second-order valence-electron chi connectivity index (χ2n) is 5.45. The van der Waals surface area contributed by atoms with E-state index in [0.717, 1.165) is 24.5 Å². The van der Waals surface area contributed by atoms with Crippen LogP contribution in [0.3, 0.4) is 0 Å². The van der Waals surface area contributed by atoms with Crippen molar-refractivity contribution in [3.8, 4) is 11.8 Å². The van der Waals surface area contributed by atoms with Crippen LogP contribution >= 0.6 is 0 Å². The van der Waals surface area contributed by atoms with Crippen LogP contribution in [-0.4, -0.2) is 26.4 Å². The molecule has 1 aliphatic rings. The van der Waals surface area contributed by atoms with Gasteiger partial charge in [-0.3, -0.25) is 0 Å². The minimum atomic E-state index is 0.456. The molecule has 21 heavy (non-hydrogen) atoms. The molecule has 0 bridgehead atoms. The van der Waals surface area contributed by atoms with Crippen LogP contribution in [0.25, 0.3) is 0 Å². The predicted octanol–water partition coefficient (Wildman–Crippen LogP) is 3.01. The molecule has 1 saturated carbocycles. The zero-order chi connectivity index (χ0) is 14.9. The Labute approximate surface area is 127 Å². The number of rotatable bonds is 7. The molecule has 2 rings (SSSR count). The zero-order valence-electron chi connectivity index (χ0n) is 12.7. The van der Waals surface area contributed by atoms with Crippen molar-refractivity contribution < 1.29 is 9.47 Å². The van der Waals surface area contributed by atoms with E-state index in [1.165, 1.54) is 32.1 Å². The molecule has 0 radical (unpaired) electrons. The summed E-state index contributed by atoms with van der Waals surface area (Å²) in [4.78, 5) is 0. The van der Waals surface area contributed by atoms with E-state index in [1.807, 2.05) is 12.1 Å². The number of hydrogen-bond donors (Lipinski definition) is 1. The predicted molar refractivity (Wildman–Crippen MR) is 82.2 cm³/mol. The van der Waals surface area contributed by atoms with Gasteiger partial charge in [0.1, 0.15) is 5.75 Å². The number of methoxy groups -OCH3 is 1. The summed E-state index contributed by atoms with van der Waals surface area (Å²) in [6.07, 6.45) is 6.83. The van der Waals surface area contributed by atoms with Gasteiger partial charge in [-0.1, -0.05) is 19.3 Å². The second kappa shape index (κ2) is 8.66. The van der Waals surface area contributed by atoms with Crippen molar-refractivity contribution in [3.05, 3.63) is 29.3 Å². The molecule has 0 unspecified atom stereocenters. The van der Waals surface area contributed by atoms with Crippen molar-refractivity contribution in [2.45, 2.75) is 44.8 Å². The quantitative estimate of drug-likeness (QED) is 0.784. The molecular weight excluding hydrogens is 264 g/mol.